The first kappa shape index (κ1) is 24.2. The van der Waals surface area contributed by atoms with Gasteiger partial charge in [-0.25, -0.2) is 9.48 Å². The zero-order valence-corrected chi connectivity index (χ0v) is 20.9. The number of ether oxygens (including phenoxy) is 2. The van der Waals surface area contributed by atoms with E-state index in [0.717, 1.165) is 23.3 Å². The highest BCUT2D eigenvalue weighted by Gasteiger charge is 2.35. The molecule has 0 fully saturated rings. The molecule has 0 radical (unpaired) electrons. The lowest BCUT2D eigenvalue weighted by Gasteiger charge is -2.28. The van der Waals surface area contributed by atoms with Gasteiger partial charge in [-0.3, -0.25) is 0 Å². The Hall–Kier alpha value is -2.97. The van der Waals surface area contributed by atoms with Crippen molar-refractivity contribution in [1.82, 2.24) is 14.8 Å². The molecule has 0 amide bonds. The monoisotopic (exact) mass is 498 g/mol. The molecule has 1 aliphatic heterocycles. The van der Waals surface area contributed by atoms with Crippen LogP contribution < -0.4 is 10.1 Å². The molecule has 1 aromatic heterocycles. The summed E-state index contributed by atoms with van der Waals surface area (Å²) >= 11 is 7.82. The number of carbonyl (C=O) groups excluding carboxylic acids is 1. The largest absolute Gasteiger partial charge is 0.489 e. The van der Waals surface area contributed by atoms with E-state index < -0.39 is 6.04 Å². The molecule has 0 saturated heterocycles. The summed E-state index contributed by atoms with van der Waals surface area (Å²) in [5, 5.41) is 9.22. The van der Waals surface area contributed by atoms with Gasteiger partial charge < -0.3 is 14.8 Å². The average Bonchev–Trinajstić information content (AvgIpc) is 3.23. The van der Waals surface area contributed by atoms with Gasteiger partial charge in [-0.2, -0.15) is 4.98 Å². The molecule has 2 heterocycles. The van der Waals surface area contributed by atoms with E-state index in [0.29, 0.717) is 46.4 Å². The fourth-order valence-corrected chi connectivity index (χ4v) is 4.46. The summed E-state index contributed by atoms with van der Waals surface area (Å²) in [6.45, 7) is 6.56. The summed E-state index contributed by atoms with van der Waals surface area (Å²) in [5.74, 6) is 1.73. The summed E-state index contributed by atoms with van der Waals surface area (Å²) in [4.78, 5) is 17.7. The Bertz CT molecular complexity index is 1210. The van der Waals surface area contributed by atoms with Gasteiger partial charge in [-0.05, 0) is 42.9 Å². The highest BCUT2D eigenvalue weighted by atomic mass is 35.5. The first-order chi connectivity index (χ1) is 16.5. The van der Waals surface area contributed by atoms with Crippen LogP contribution in [0.15, 0.2) is 65.0 Å². The highest BCUT2D eigenvalue weighted by molar-refractivity contribution is 7.99. The maximum absolute atomic E-state index is 13.1. The van der Waals surface area contributed by atoms with Gasteiger partial charge in [0.25, 0.3) is 0 Å². The number of carbonyl (C=O) groups is 1. The quantitative estimate of drug-likeness (QED) is 0.292. The molecule has 7 nitrogen and oxygen atoms in total. The molecule has 1 atom stereocenters. The van der Waals surface area contributed by atoms with Crippen LogP contribution in [0.3, 0.4) is 0 Å². The molecule has 178 valence electrons. The van der Waals surface area contributed by atoms with Crippen LogP contribution in [0.5, 0.6) is 5.75 Å². The number of anilines is 1. The molecular formula is C25H27ClN4O3S. The number of nitrogens with zero attached hydrogens (tertiary/aromatic N) is 3. The van der Waals surface area contributed by atoms with E-state index in [1.54, 1.807) is 16.4 Å². The van der Waals surface area contributed by atoms with Crippen LogP contribution in [0.2, 0.25) is 5.02 Å². The smallest absolute Gasteiger partial charge is 0.338 e. The molecule has 1 unspecified atom stereocenters. The van der Waals surface area contributed by atoms with Crippen molar-refractivity contribution < 1.29 is 14.3 Å². The Balaban J connectivity index is 1.69. The van der Waals surface area contributed by atoms with Gasteiger partial charge in [0.1, 0.15) is 18.4 Å². The van der Waals surface area contributed by atoms with Crippen molar-refractivity contribution in [3.8, 4) is 5.75 Å². The third-order valence-corrected chi connectivity index (χ3v) is 6.38. The van der Waals surface area contributed by atoms with Crippen molar-refractivity contribution in [1.29, 1.82) is 0 Å². The van der Waals surface area contributed by atoms with E-state index in [1.807, 2.05) is 69.3 Å². The molecule has 1 N–H and O–H groups in total. The van der Waals surface area contributed by atoms with E-state index in [2.05, 4.69) is 15.4 Å². The number of hydrogen-bond donors (Lipinski definition) is 1. The van der Waals surface area contributed by atoms with Crippen LogP contribution in [0.4, 0.5) is 5.95 Å². The van der Waals surface area contributed by atoms with E-state index in [9.17, 15) is 4.79 Å². The molecule has 0 spiro atoms. The molecule has 0 bridgehead atoms. The Labute approximate surface area is 208 Å². The maximum Gasteiger partial charge on any atom is 0.338 e. The summed E-state index contributed by atoms with van der Waals surface area (Å²) in [6, 6.07) is 14.8. The van der Waals surface area contributed by atoms with Crippen molar-refractivity contribution in [2.75, 3.05) is 17.7 Å². The number of allylic oxidation sites excluding steroid dienone is 1. The zero-order chi connectivity index (χ0) is 24.1. The van der Waals surface area contributed by atoms with Crippen molar-refractivity contribution in [2.24, 2.45) is 0 Å². The summed E-state index contributed by atoms with van der Waals surface area (Å²) in [5.41, 5.74) is 2.94. The number of esters is 1. The number of benzene rings is 2. The van der Waals surface area contributed by atoms with Gasteiger partial charge in [0, 0.05) is 16.3 Å². The zero-order valence-electron chi connectivity index (χ0n) is 19.4. The van der Waals surface area contributed by atoms with E-state index >= 15 is 0 Å². The van der Waals surface area contributed by atoms with Crippen LogP contribution in [-0.4, -0.2) is 33.1 Å². The molecule has 1 aliphatic rings. The summed E-state index contributed by atoms with van der Waals surface area (Å²) < 4.78 is 13.3. The van der Waals surface area contributed by atoms with E-state index in [-0.39, 0.29) is 5.97 Å². The van der Waals surface area contributed by atoms with E-state index in [1.165, 1.54) is 0 Å². The minimum Gasteiger partial charge on any atom is -0.489 e. The second-order valence-corrected chi connectivity index (χ2v) is 9.39. The van der Waals surface area contributed by atoms with Crippen LogP contribution in [0, 0.1) is 0 Å². The van der Waals surface area contributed by atoms with Gasteiger partial charge in [-0.1, -0.05) is 67.5 Å². The Morgan fingerprint density at radius 2 is 2.03 bits per heavy atom. The third kappa shape index (κ3) is 5.23. The maximum atomic E-state index is 13.1. The molecule has 34 heavy (non-hydrogen) atoms. The fourth-order valence-electron chi connectivity index (χ4n) is 3.72. The fraction of sp³-hybridized carbons (Fsp3) is 0.320. The SMILES string of the molecule is CCCOC(=O)C1=C(C)Nc2nc(SCC)nn2C1c1cccc(OCc2ccccc2Cl)c1. The number of thioether (sulfide) groups is 1. The second-order valence-electron chi connectivity index (χ2n) is 7.75. The number of rotatable bonds is 9. The highest BCUT2D eigenvalue weighted by Crippen LogP contribution is 2.37. The number of aromatic nitrogens is 3. The summed E-state index contributed by atoms with van der Waals surface area (Å²) in [6.07, 6.45) is 0.743. The van der Waals surface area contributed by atoms with Crippen molar-refractivity contribution in [3.05, 3.63) is 76.0 Å². The Morgan fingerprint density at radius 3 is 2.79 bits per heavy atom. The molecule has 9 heteroatoms. The third-order valence-electron chi connectivity index (χ3n) is 5.29. The molecule has 0 saturated carbocycles. The van der Waals surface area contributed by atoms with Crippen molar-refractivity contribution in [2.45, 2.75) is 45.0 Å². The van der Waals surface area contributed by atoms with Crippen LogP contribution >= 0.6 is 23.4 Å². The second kappa shape index (κ2) is 11.0. The lowest BCUT2D eigenvalue weighted by Crippen LogP contribution is -2.29. The van der Waals surface area contributed by atoms with Gasteiger partial charge in [0.15, 0.2) is 0 Å². The number of fused-ring (bicyclic) bond motifs is 1. The van der Waals surface area contributed by atoms with Crippen molar-refractivity contribution in [3.63, 3.8) is 0 Å². The number of nitrogens with one attached hydrogen (secondary N) is 1. The predicted molar refractivity (Wildman–Crippen MR) is 134 cm³/mol. The predicted octanol–water partition coefficient (Wildman–Crippen LogP) is 5.86. The van der Waals surface area contributed by atoms with Gasteiger partial charge in [-0.15, -0.1) is 5.10 Å². The molecule has 0 aliphatic carbocycles. The molecular weight excluding hydrogens is 472 g/mol. The van der Waals surface area contributed by atoms with Gasteiger partial charge in [0.05, 0.1) is 12.2 Å². The minimum absolute atomic E-state index is 0.335. The van der Waals surface area contributed by atoms with Crippen molar-refractivity contribution >= 4 is 35.3 Å². The minimum atomic E-state index is -0.497. The first-order valence-corrected chi connectivity index (χ1v) is 12.6. The summed E-state index contributed by atoms with van der Waals surface area (Å²) in [7, 11) is 0. The van der Waals surface area contributed by atoms with Gasteiger partial charge in [0.2, 0.25) is 11.1 Å². The normalized spacial score (nSPS) is 15.0. The Morgan fingerprint density at radius 1 is 1.21 bits per heavy atom. The average molecular weight is 499 g/mol. The lowest BCUT2D eigenvalue weighted by atomic mass is 9.95. The number of hydrogen-bond acceptors (Lipinski definition) is 7. The van der Waals surface area contributed by atoms with Crippen LogP contribution in [-0.2, 0) is 16.1 Å². The van der Waals surface area contributed by atoms with Gasteiger partial charge >= 0.3 is 5.97 Å². The van der Waals surface area contributed by atoms with Crippen LogP contribution in [0.1, 0.15) is 44.4 Å². The number of halogens is 1. The molecule has 4 rings (SSSR count). The topological polar surface area (TPSA) is 78.3 Å². The van der Waals surface area contributed by atoms with Crippen LogP contribution in [0.25, 0.3) is 0 Å². The standard InChI is InChI=1S/C25H27ClN4O3S/c1-4-13-32-23(31)21-16(3)27-24-28-25(34-5-2)29-30(24)22(21)17-10-8-11-19(14-17)33-15-18-9-6-7-12-20(18)26/h6-12,14,22H,4-5,13,15H2,1-3H3,(H,27,28,29). The first-order valence-electron chi connectivity index (χ1n) is 11.2. The molecule has 2 aromatic carbocycles. The molecule has 3 aromatic rings. The lowest BCUT2D eigenvalue weighted by molar-refractivity contribution is -0.139. The van der Waals surface area contributed by atoms with E-state index in [4.69, 9.17) is 21.1 Å². The Kier molecular flexibility index (Phi) is 7.80.